The molecule has 7 heteroatoms. The monoisotopic (exact) mass is 410 g/mol. The number of rotatable bonds is 3. The summed E-state index contributed by atoms with van der Waals surface area (Å²) in [5, 5.41) is 4.08. The van der Waals surface area contributed by atoms with Gasteiger partial charge in [-0.2, -0.15) is 0 Å². The van der Waals surface area contributed by atoms with E-state index in [4.69, 9.17) is 11.6 Å². The number of amides is 2. The molecule has 3 aromatic rings. The van der Waals surface area contributed by atoms with Crippen LogP contribution in [0.1, 0.15) is 31.4 Å². The summed E-state index contributed by atoms with van der Waals surface area (Å²) in [5.74, 6) is 0. The molecule has 1 saturated heterocycles. The highest BCUT2D eigenvalue weighted by molar-refractivity contribution is 6.31. The molecule has 1 aromatic heterocycles. The number of piperidine rings is 1. The number of anilines is 1. The predicted octanol–water partition coefficient (Wildman–Crippen LogP) is 4.48. The Labute approximate surface area is 174 Å². The lowest BCUT2D eigenvalue weighted by Crippen LogP contribution is -2.42. The third-order valence-electron chi connectivity index (χ3n) is 5.50. The SMILES string of the molecule is CCc1ccc(NC(=O)N2CCC(n3cnc4cc(Cl)ccc4c3=O)CC2)cc1. The van der Waals surface area contributed by atoms with Gasteiger partial charge in [-0.05, 0) is 55.2 Å². The maximum Gasteiger partial charge on any atom is 0.321 e. The van der Waals surface area contributed by atoms with Gasteiger partial charge in [0, 0.05) is 29.8 Å². The highest BCUT2D eigenvalue weighted by Crippen LogP contribution is 2.23. The molecule has 0 radical (unpaired) electrons. The number of halogens is 1. The van der Waals surface area contributed by atoms with Crippen LogP contribution >= 0.6 is 11.6 Å². The fourth-order valence-corrected chi connectivity index (χ4v) is 3.91. The van der Waals surface area contributed by atoms with Crippen molar-refractivity contribution in [2.75, 3.05) is 18.4 Å². The van der Waals surface area contributed by atoms with Crippen LogP contribution in [0.5, 0.6) is 0 Å². The van der Waals surface area contributed by atoms with Crippen LogP contribution in [0.3, 0.4) is 0 Å². The smallest absolute Gasteiger partial charge is 0.321 e. The summed E-state index contributed by atoms with van der Waals surface area (Å²) >= 11 is 5.99. The molecule has 2 amide bonds. The molecule has 6 nitrogen and oxygen atoms in total. The van der Waals surface area contributed by atoms with Crippen molar-refractivity contribution in [2.45, 2.75) is 32.2 Å². The molecular weight excluding hydrogens is 388 g/mol. The van der Waals surface area contributed by atoms with Crippen molar-refractivity contribution >= 4 is 34.2 Å². The number of nitrogens with zero attached hydrogens (tertiary/aromatic N) is 3. The van der Waals surface area contributed by atoms with Crippen molar-refractivity contribution in [3.8, 4) is 0 Å². The summed E-state index contributed by atoms with van der Waals surface area (Å²) < 4.78 is 1.69. The predicted molar refractivity (Wildman–Crippen MR) is 116 cm³/mol. The number of fused-ring (bicyclic) bond motifs is 1. The largest absolute Gasteiger partial charge is 0.324 e. The summed E-state index contributed by atoms with van der Waals surface area (Å²) in [6.07, 6.45) is 3.99. The van der Waals surface area contributed by atoms with Crippen molar-refractivity contribution in [3.63, 3.8) is 0 Å². The van der Waals surface area contributed by atoms with Crippen molar-refractivity contribution in [3.05, 3.63) is 69.7 Å². The van der Waals surface area contributed by atoms with E-state index < -0.39 is 0 Å². The van der Waals surface area contributed by atoms with Crippen molar-refractivity contribution < 1.29 is 4.79 Å². The number of likely N-dealkylation sites (tertiary alicyclic amines) is 1. The van der Waals surface area contributed by atoms with Crippen LogP contribution in [0, 0.1) is 0 Å². The maximum atomic E-state index is 12.8. The average molecular weight is 411 g/mol. The molecule has 0 spiro atoms. The molecule has 4 rings (SSSR count). The van der Waals surface area contributed by atoms with Gasteiger partial charge in [-0.1, -0.05) is 30.7 Å². The minimum Gasteiger partial charge on any atom is -0.324 e. The molecule has 1 aliphatic heterocycles. The van der Waals surface area contributed by atoms with E-state index in [0.29, 0.717) is 41.9 Å². The minimum absolute atomic E-state index is 0.0305. The minimum atomic E-state index is -0.105. The molecule has 0 bridgehead atoms. The first-order valence-electron chi connectivity index (χ1n) is 9.86. The Morgan fingerprint density at radius 3 is 2.59 bits per heavy atom. The van der Waals surface area contributed by atoms with Gasteiger partial charge >= 0.3 is 6.03 Å². The lowest BCUT2D eigenvalue weighted by molar-refractivity contribution is 0.182. The van der Waals surface area contributed by atoms with Crippen molar-refractivity contribution in [1.82, 2.24) is 14.5 Å². The Balaban J connectivity index is 1.42. The summed E-state index contributed by atoms with van der Waals surface area (Å²) in [7, 11) is 0. The molecule has 0 atom stereocenters. The number of nitrogens with one attached hydrogen (secondary N) is 1. The summed E-state index contributed by atoms with van der Waals surface area (Å²) in [6, 6.07) is 12.9. The van der Waals surface area contributed by atoms with Gasteiger partial charge in [0.15, 0.2) is 0 Å². The maximum absolute atomic E-state index is 12.8. The number of benzene rings is 2. The molecular formula is C22H23ClN4O2. The van der Waals surface area contributed by atoms with Crippen LogP contribution in [0.15, 0.2) is 53.6 Å². The van der Waals surface area contributed by atoms with E-state index in [0.717, 1.165) is 12.1 Å². The second kappa shape index (κ2) is 8.25. The van der Waals surface area contributed by atoms with Gasteiger partial charge in [0.05, 0.1) is 17.2 Å². The number of carbonyl (C=O) groups excluding carboxylic acids is 1. The van der Waals surface area contributed by atoms with Gasteiger partial charge in [-0.15, -0.1) is 0 Å². The van der Waals surface area contributed by atoms with Crippen LogP contribution in [0.2, 0.25) is 5.02 Å². The van der Waals surface area contributed by atoms with Gasteiger partial charge in [0.1, 0.15) is 0 Å². The van der Waals surface area contributed by atoms with Crippen LogP contribution in [0.4, 0.5) is 10.5 Å². The highest BCUT2D eigenvalue weighted by Gasteiger charge is 2.25. The summed E-state index contributed by atoms with van der Waals surface area (Å²) in [4.78, 5) is 31.6. The fraction of sp³-hybridized carbons (Fsp3) is 0.318. The lowest BCUT2D eigenvalue weighted by atomic mass is 10.0. The van der Waals surface area contributed by atoms with Gasteiger partial charge in [-0.25, -0.2) is 9.78 Å². The average Bonchev–Trinajstić information content (AvgIpc) is 2.74. The van der Waals surface area contributed by atoms with E-state index in [1.54, 1.807) is 34.0 Å². The van der Waals surface area contributed by atoms with E-state index in [-0.39, 0.29) is 17.6 Å². The number of hydrogen-bond acceptors (Lipinski definition) is 3. The first-order valence-corrected chi connectivity index (χ1v) is 10.2. The molecule has 2 aromatic carbocycles. The molecule has 1 N–H and O–H groups in total. The zero-order chi connectivity index (χ0) is 20.4. The third kappa shape index (κ3) is 4.12. The Hall–Kier alpha value is -2.86. The third-order valence-corrected chi connectivity index (χ3v) is 5.74. The Kier molecular flexibility index (Phi) is 5.53. The van der Waals surface area contributed by atoms with Gasteiger partial charge in [-0.3, -0.25) is 9.36 Å². The topological polar surface area (TPSA) is 67.2 Å². The van der Waals surface area contributed by atoms with E-state index in [1.807, 2.05) is 24.3 Å². The van der Waals surface area contributed by atoms with Gasteiger partial charge in [0.25, 0.3) is 5.56 Å². The van der Waals surface area contributed by atoms with Crippen LogP contribution in [-0.2, 0) is 6.42 Å². The standard InChI is InChI=1S/C22H23ClN4O2/c1-2-15-3-6-17(7-4-15)25-22(29)26-11-9-18(10-12-26)27-14-24-20-13-16(23)5-8-19(20)21(27)28/h3-8,13-14,18H,2,9-12H2,1H3,(H,25,29). The van der Waals surface area contributed by atoms with E-state index in [9.17, 15) is 9.59 Å². The number of aromatic nitrogens is 2. The van der Waals surface area contributed by atoms with E-state index in [1.165, 1.54) is 5.56 Å². The van der Waals surface area contributed by atoms with Crippen molar-refractivity contribution in [2.24, 2.45) is 0 Å². The van der Waals surface area contributed by atoms with Crippen LogP contribution in [0.25, 0.3) is 10.9 Å². The molecule has 0 saturated carbocycles. The van der Waals surface area contributed by atoms with E-state index >= 15 is 0 Å². The first-order chi connectivity index (χ1) is 14.0. The Bertz CT molecular complexity index is 1090. The molecule has 0 aliphatic carbocycles. The zero-order valence-electron chi connectivity index (χ0n) is 16.3. The zero-order valence-corrected chi connectivity index (χ0v) is 17.0. The van der Waals surface area contributed by atoms with Crippen LogP contribution < -0.4 is 10.9 Å². The fourth-order valence-electron chi connectivity index (χ4n) is 3.74. The molecule has 2 heterocycles. The quantitative estimate of drug-likeness (QED) is 0.692. The molecule has 1 aliphatic rings. The molecule has 29 heavy (non-hydrogen) atoms. The van der Waals surface area contributed by atoms with E-state index in [2.05, 4.69) is 17.2 Å². The Morgan fingerprint density at radius 2 is 1.90 bits per heavy atom. The number of urea groups is 1. The molecule has 0 unspecified atom stereocenters. The highest BCUT2D eigenvalue weighted by atomic mass is 35.5. The summed E-state index contributed by atoms with van der Waals surface area (Å²) in [6.45, 7) is 3.28. The normalized spacial score (nSPS) is 14.9. The van der Waals surface area contributed by atoms with Crippen molar-refractivity contribution in [1.29, 1.82) is 0 Å². The Morgan fingerprint density at radius 1 is 1.17 bits per heavy atom. The van der Waals surface area contributed by atoms with Gasteiger partial charge in [0.2, 0.25) is 0 Å². The van der Waals surface area contributed by atoms with Crippen LogP contribution in [-0.4, -0.2) is 33.6 Å². The number of aryl methyl sites for hydroxylation is 1. The lowest BCUT2D eigenvalue weighted by Gasteiger charge is -2.32. The molecule has 150 valence electrons. The number of carbonyl (C=O) groups is 1. The molecule has 1 fully saturated rings. The first kappa shape index (κ1) is 19.5. The second-order valence-corrected chi connectivity index (χ2v) is 7.75. The van der Waals surface area contributed by atoms with Gasteiger partial charge < -0.3 is 10.2 Å². The number of hydrogen-bond donors (Lipinski definition) is 1. The summed E-state index contributed by atoms with van der Waals surface area (Å²) in [5.41, 5.74) is 2.57. The second-order valence-electron chi connectivity index (χ2n) is 7.32.